The lowest BCUT2D eigenvalue weighted by atomic mass is 10.1. The number of methoxy groups -OCH3 is 1. The maximum Gasteiger partial charge on any atom is 0.335 e. The highest BCUT2D eigenvalue weighted by molar-refractivity contribution is 14.1. The van der Waals surface area contributed by atoms with Crippen LogP contribution in [0.15, 0.2) is 40.4 Å². The van der Waals surface area contributed by atoms with Gasteiger partial charge < -0.3 is 9.84 Å². The van der Waals surface area contributed by atoms with E-state index in [0.717, 1.165) is 14.9 Å². The molecule has 4 amide bonds. The molecular formula is C19H14BrIN2O5. The van der Waals surface area contributed by atoms with E-state index in [2.05, 4.69) is 21.2 Å². The van der Waals surface area contributed by atoms with E-state index in [9.17, 15) is 19.5 Å². The van der Waals surface area contributed by atoms with Crippen LogP contribution in [0, 0.1) is 10.5 Å². The molecule has 144 valence electrons. The predicted octanol–water partition coefficient (Wildman–Crippen LogP) is 3.74. The van der Waals surface area contributed by atoms with Crippen molar-refractivity contribution in [1.82, 2.24) is 5.32 Å². The number of phenolic OH excluding ortho intramolecular Hbond substituents is 1. The number of imide groups is 2. The van der Waals surface area contributed by atoms with E-state index in [1.807, 2.05) is 29.5 Å². The first kappa shape index (κ1) is 20.3. The summed E-state index contributed by atoms with van der Waals surface area (Å²) in [6.07, 6.45) is 1.35. The summed E-state index contributed by atoms with van der Waals surface area (Å²) in [6.45, 7) is 1.83. The molecule has 0 aliphatic carbocycles. The number of anilines is 1. The number of halogens is 2. The van der Waals surface area contributed by atoms with E-state index >= 15 is 0 Å². The minimum Gasteiger partial charge on any atom is -0.504 e. The van der Waals surface area contributed by atoms with Crippen molar-refractivity contribution < 1.29 is 24.2 Å². The Labute approximate surface area is 182 Å². The number of amides is 4. The van der Waals surface area contributed by atoms with Crippen LogP contribution in [0.1, 0.15) is 11.1 Å². The van der Waals surface area contributed by atoms with Crippen molar-refractivity contribution in [1.29, 1.82) is 0 Å². The molecule has 0 spiro atoms. The molecule has 28 heavy (non-hydrogen) atoms. The molecule has 0 aromatic heterocycles. The van der Waals surface area contributed by atoms with Crippen molar-refractivity contribution in [2.24, 2.45) is 0 Å². The maximum absolute atomic E-state index is 12.9. The van der Waals surface area contributed by atoms with E-state index in [4.69, 9.17) is 4.74 Å². The smallest absolute Gasteiger partial charge is 0.335 e. The number of nitrogens with one attached hydrogen (secondary N) is 1. The van der Waals surface area contributed by atoms with E-state index in [-0.39, 0.29) is 17.1 Å². The number of hydrogen-bond donors (Lipinski definition) is 2. The van der Waals surface area contributed by atoms with Crippen molar-refractivity contribution >= 4 is 68.1 Å². The number of barbiturate groups is 1. The van der Waals surface area contributed by atoms with E-state index in [1.54, 1.807) is 24.3 Å². The zero-order valence-electron chi connectivity index (χ0n) is 14.7. The SMILES string of the molecule is COc1cc(/C=C2\C(=O)NC(=O)N(c3ccc(Br)c(C)c3)C2=O)cc(I)c1O. The highest BCUT2D eigenvalue weighted by atomic mass is 127. The third kappa shape index (κ3) is 3.76. The van der Waals surface area contributed by atoms with Gasteiger partial charge in [0.25, 0.3) is 11.8 Å². The van der Waals surface area contributed by atoms with Crippen molar-refractivity contribution in [3.05, 3.63) is 55.1 Å². The third-order valence-electron chi connectivity index (χ3n) is 4.08. The monoisotopic (exact) mass is 556 g/mol. The van der Waals surface area contributed by atoms with Crippen LogP contribution in [-0.2, 0) is 9.59 Å². The maximum atomic E-state index is 12.9. The van der Waals surface area contributed by atoms with Crippen LogP contribution in [0.4, 0.5) is 10.5 Å². The summed E-state index contributed by atoms with van der Waals surface area (Å²) in [5.74, 6) is -1.36. The summed E-state index contributed by atoms with van der Waals surface area (Å²) < 4.78 is 6.42. The summed E-state index contributed by atoms with van der Waals surface area (Å²) >= 11 is 5.29. The first-order valence-electron chi connectivity index (χ1n) is 7.97. The number of benzene rings is 2. The van der Waals surface area contributed by atoms with Crippen molar-refractivity contribution in [2.75, 3.05) is 12.0 Å². The van der Waals surface area contributed by atoms with Gasteiger partial charge in [0.15, 0.2) is 11.5 Å². The second kappa shape index (κ2) is 7.92. The van der Waals surface area contributed by atoms with Gasteiger partial charge in [0.05, 0.1) is 16.4 Å². The van der Waals surface area contributed by atoms with Gasteiger partial charge in [0.1, 0.15) is 5.57 Å². The number of carbonyl (C=O) groups is 3. The molecule has 1 fully saturated rings. The molecular weight excluding hydrogens is 543 g/mol. The Morgan fingerprint density at radius 2 is 1.93 bits per heavy atom. The van der Waals surface area contributed by atoms with E-state index in [1.165, 1.54) is 19.3 Å². The predicted molar refractivity (Wildman–Crippen MR) is 115 cm³/mol. The third-order valence-corrected chi connectivity index (χ3v) is 5.80. The zero-order valence-corrected chi connectivity index (χ0v) is 18.5. The molecule has 0 unspecified atom stereocenters. The van der Waals surface area contributed by atoms with Gasteiger partial charge in [-0.2, -0.15) is 0 Å². The van der Waals surface area contributed by atoms with Gasteiger partial charge in [0, 0.05) is 4.47 Å². The Bertz CT molecular complexity index is 1050. The normalized spacial score (nSPS) is 15.8. The van der Waals surface area contributed by atoms with Gasteiger partial charge in [-0.1, -0.05) is 15.9 Å². The van der Waals surface area contributed by atoms with Gasteiger partial charge in [-0.15, -0.1) is 0 Å². The average molecular weight is 557 g/mol. The fraction of sp³-hybridized carbons (Fsp3) is 0.105. The Kier molecular flexibility index (Phi) is 5.75. The largest absolute Gasteiger partial charge is 0.504 e. The fourth-order valence-corrected chi connectivity index (χ4v) is 3.53. The molecule has 0 bridgehead atoms. The van der Waals surface area contributed by atoms with Gasteiger partial charge in [0.2, 0.25) is 0 Å². The number of phenols is 1. The van der Waals surface area contributed by atoms with Crippen LogP contribution in [0.25, 0.3) is 6.08 Å². The van der Waals surface area contributed by atoms with Crippen LogP contribution >= 0.6 is 38.5 Å². The van der Waals surface area contributed by atoms with Gasteiger partial charge in [-0.25, -0.2) is 9.69 Å². The molecule has 9 heteroatoms. The summed E-state index contributed by atoms with van der Waals surface area (Å²) in [4.78, 5) is 38.4. The topological polar surface area (TPSA) is 95.9 Å². The molecule has 0 atom stereocenters. The van der Waals surface area contributed by atoms with Gasteiger partial charge >= 0.3 is 6.03 Å². The second-order valence-corrected chi connectivity index (χ2v) is 7.96. The number of aromatic hydroxyl groups is 1. The number of hydrogen-bond acceptors (Lipinski definition) is 5. The molecule has 2 aromatic rings. The molecule has 1 aliphatic rings. The highest BCUT2D eigenvalue weighted by Gasteiger charge is 2.37. The number of aryl methyl sites for hydroxylation is 1. The molecule has 7 nitrogen and oxygen atoms in total. The molecule has 2 N–H and O–H groups in total. The van der Waals surface area contributed by atoms with Gasteiger partial charge in [-0.05, 0) is 77.0 Å². The molecule has 1 aliphatic heterocycles. The van der Waals surface area contributed by atoms with Crippen molar-refractivity contribution in [3.63, 3.8) is 0 Å². The molecule has 0 saturated carbocycles. The van der Waals surface area contributed by atoms with Crippen LogP contribution in [0.2, 0.25) is 0 Å². The number of rotatable bonds is 3. The van der Waals surface area contributed by atoms with Crippen molar-refractivity contribution in [2.45, 2.75) is 6.92 Å². The molecule has 1 heterocycles. The van der Waals surface area contributed by atoms with E-state index < -0.39 is 17.8 Å². The second-order valence-electron chi connectivity index (χ2n) is 5.94. The minimum atomic E-state index is -0.813. The Hall–Kier alpha value is -2.40. The first-order valence-corrected chi connectivity index (χ1v) is 9.84. The standard InChI is InChI=1S/C19H14BrIN2O5/c1-9-5-11(3-4-13(9)20)23-18(26)12(17(25)22-19(23)27)6-10-7-14(21)16(24)15(8-10)28-2/h3-8,24H,1-2H3,(H,22,25,27)/b12-6+. The number of urea groups is 1. The Morgan fingerprint density at radius 1 is 1.21 bits per heavy atom. The quantitative estimate of drug-likeness (QED) is 0.341. The number of nitrogens with zero attached hydrogens (tertiary/aromatic N) is 1. The minimum absolute atomic E-state index is 0.0354. The number of ether oxygens (including phenoxy) is 1. The van der Waals surface area contributed by atoms with Crippen LogP contribution in [-0.4, -0.2) is 30.1 Å². The highest BCUT2D eigenvalue weighted by Crippen LogP contribution is 2.33. The molecule has 0 radical (unpaired) electrons. The van der Waals surface area contributed by atoms with Gasteiger partial charge in [-0.3, -0.25) is 14.9 Å². The lowest BCUT2D eigenvalue weighted by Gasteiger charge is -2.26. The summed E-state index contributed by atoms with van der Waals surface area (Å²) in [6, 6.07) is 7.27. The first-order chi connectivity index (χ1) is 13.2. The van der Waals surface area contributed by atoms with Crippen LogP contribution in [0.3, 0.4) is 0 Å². The van der Waals surface area contributed by atoms with Crippen molar-refractivity contribution in [3.8, 4) is 11.5 Å². The summed E-state index contributed by atoms with van der Waals surface area (Å²) in [7, 11) is 1.40. The van der Waals surface area contributed by atoms with E-state index in [0.29, 0.717) is 14.8 Å². The summed E-state index contributed by atoms with van der Waals surface area (Å²) in [5.41, 5.74) is 1.44. The lowest BCUT2D eigenvalue weighted by Crippen LogP contribution is -2.54. The zero-order chi connectivity index (χ0) is 20.6. The molecule has 2 aromatic carbocycles. The molecule has 1 saturated heterocycles. The lowest BCUT2D eigenvalue weighted by molar-refractivity contribution is -0.122. The molecule has 3 rings (SSSR count). The average Bonchev–Trinajstić information content (AvgIpc) is 2.64. The number of carbonyl (C=O) groups excluding carboxylic acids is 3. The Balaban J connectivity index is 2.06. The fourth-order valence-electron chi connectivity index (χ4n) is 2.66. The Morgan fingerprint density at radius 3 is 2.57 bits per heavy atom. The van der Waals surface area contributed by atoms with Crippen LogP contribution < -0.4 is 15.0 Å². The van der Waals surface area contributed by atoms with Crippen LogP contribution in [0.5, 0.6) is 11.5 Å². The summed E-state index contributed by atoms with van der Waals surface area (Å²) in [5, 5.41) is 12.1.